The molecule has 0 aliphatic rings. The molecule has 0 rings (SSSR count). The van der Waals surface area contributed by atoms with E-state index in [2.05, 4.69) is 11.9 Å². The maximum absolute atomic E-state index is 12.7. The zero-order valence-electron chi connectivity index (χ0n) is 17.9. The third-order valence-electron chi connectivity index (χ3n) is 3.39. The number of aliphatic hydroxyl groups excluding tert-OH is 1. The number of rotatable bonds is 9. The van der Waals surface area contributed by atoms with Crippen LogP contribution < -0.4 is 5.32 Å². The molecule has 1 atom stereocenters. The highest BCUT2D eigenvalue weighted by Gasteiger charge is 2.20. The minimum atomic E-state index is -0.625. The lowest BCUT2D eigenvalue weighted by Crippen LogP contribution is -2.41. The molecule has 1 unspecified atom stereocenters. The van der Waals surface area contributed by atoms with Gasteiger partial charge in [0.25, 0.3) is 5.91 Å². The second-order valence-electron chi connectivity index (χ2n) is 7.22. The SMILES string of the molecule is C=C/C=C\C(=C/C)N(/C=C\C)C(=O)/C=C(\C)CC(CO)NC(=O)OC(C)(C)C. The van der Waals surface area contributed by atoms with Gasteiger partial charge in [-0.15, -0.1) is 0 Å². The lowest BCUT2D eigenvalue weighted by atomic mass is 10.1. The van der Waals surface area contributed by atoms with Crippen molar-refractivity contribution in [2.75, 3.05) is 6.61 Å². The molecule has 0 saturated carbocycles. The number of carbonyl (C=O) groups is 2. The Morgan fingerprint density at radius 1 is 1.29 bits per heavy atom. The molecule has 0 aromatic rings. The molecule has 2 amide bonds. The molecule has 6 heteroatoms. The first-order chi connectivity index (χ1) is 13.1. The Kier molecular flexibility index (Phi) is 11.5. The number of amides is 2. The Morgan fingerprint density at radius 2 is 1.93 bits per heavy atom. The lowest BCUT2D eigenvalue weighted by molar-refractivity contribution is -0.122. The topological polar surface area (TPSA) is 78.9 Å². The van der Waals surface area contributed by atoms with Crippen LogP contribution in [0.15, 0.2) is 60.5 Å². The molecular formula is C22H34N2O4. The van der Waals surface area contributed by atoms with Gasteiger partial charge in [-0.1, -0.05) is 36.5 Å². The van der Waals surface area contributed by atoms with Crippen LogP contribution in [-0.4, -0.2) is 40.3 Å². The molecule has 156 valence electrons. The first kappa shape index (κ1) is 25.4. The molecule has 0 aromatic heterocycles. The van der Waals surface area contributed by atoms with E-state index in [9.17, 15) is 14.7 Å². The number of allylic oxidation sites excluding steroid dienone is 5. The van der Waals surface area contributed by atoms with Crippen LogP contribution >= 0.6 is 0 Å². The van der Waals surface area contributed by atoms with Crippen molar-refractivity contribution in [3.63, 3.8) is 0 Å². The first-order valence-electron chi connectivity index (χ1n) is 9.26. The summed E-state index contributed by atoms with van der Waals surface area (Å²) in [6.45, 7) is 14.1. The highest BCUT2D eigenvalue weighted by atomic mass is 16.6. The third-order valence-corrected chi connectivity index (χ3v) is 3.39. The van der Waals surface area contributed by atoms with Gasteiger partial charge in [-0.25, -0.2) is 4.79 Å². The van der Waals surface area contributed by atoms with Crippen molar-refractivity contribution in [2.24, 2.45) is 0 Å². The molecule has 0 fully saturated rings. The van der Waals surface area contributed by atoms with Crippen LogP contribution in [-0.2, 0) is 9.53 Å². The molecule has 0 saturated heterocycles. The molecule has 0 heterocycles. The van der Waals surface area contributed by atoms with Crippen LogP contribution in [0.3, 0.4) is 0 Å². The standard InChI is InChI=1S/C22H34N2O4/c1-8-11-12-19(10-3)24(13-9-2)20(26)15-17(4)14-18(16-25)23-21(27)28-22(5,6)7/h8-13,15,18,25H,1,14,16H2,2-7H3,(H,23,27)/b12-11-,13-9-,17-15+,19-10+. The molecule has 0 radical (unpaired) electrons. The van der Waals surface area contributed by atoms with Crippen molar-refractivity contribution in [2.45, 2.75) is 59.6 Å². The molecular weight excluding hydrogens is 356 g/mol. The zero-order valence-corrected chi connectivity index (χ0v) is 17.9. The maximum atomic E-state index is 12.7. The van der Waals surface area contributed by atoms with Crippen molar-refractivity contribution in [3.8, 4) is 0 Å². The summed E-state index contributed by atoms with van der Waals surface area (Å²) in [6.07, 6.45) is 11.6. The maximum Gasteiger partial charge on any atom is 0.407 e. The van der Waals surface area contributed by atoms with Crippen molar-refractivity contribution >= 4 is 12.0 Å². The predicted octanol–water partition coefficient (Wildman–Crippen LogP) is 4.22. The van der Waals surface area contributed by atoms with Gasteiger partial charge in [0.05, 0.1) is 12.6 Å². The largest absolute Gasteiger partial charge is 0.444 e. The van der Waals surface area contributed by atoms with Gasteiger partial charge in [0.2, 0.25) is 0 Å². The summed E-state index contributed by atoms with van der Waals surface area (Å²) < 4.78 is 5.20. The summed E-state index contributed by atoms with van der Waals surface area (Å²) in [5, 5.41) is 12.2. The van der Waals surface area contributed by atoms with Crippen LogP contribution in [0.5, 0.6) is 0 Å². The summed E-state index contributed by atoms with van der Waals surface area (Å²) in [4.78, 5) is 26.1. The molecule has 28 heavy (non-hydrogen) atoms. The minimum Gasteiger partial charge on any atom is -0.444 e. The van der Waals surface area contributed by atoms with Crippen LogP contribution in [0, 0.1) is 0 Å². The molecule has 0 bridgehead atoms. The van der Waals surface area contributed by atoms with Gasteiger partial charge in [0, 0.05) is 18.0 Å². The Labute approximate surface area is 168 Å². The monoisotopic (exact) mass is 390 g/mol. The summed E-state index contributed by atoms with van der Waals surface area (Å²) in [5.74, 6) is -0.230. The van der Waals surface area contributed by atoms with Crippen LogP contribution in [0.1, 0.15) is 48.0 Å². The van der Waals surface area contributed by atoms with E-state index in [1.165, 1.54) is 11.0 Å². The average Bonchev–Trinajstić information content (AvgIpc) is 2.58. The highest BCUT2D eigenvalue weighted by molar-refractivity contribution is 5.90. The van der Waals surface area contributed by atoms with Gasteiger partial charge in [-0.2, -0.15) is 0 Å². The number of ether oxygens (including phenoxy) is 1. The van der Waals surface area contributed by atoms with E-state index in [1.807, 2.05) is 19.9 Å². The normalized spacial score (nSPS) is 14.2. The van der Waals surface area contributed by atoms with E-state index < -0.39 is 17.7 Å². The van der Waals surface area contributed by atoms with Gasteiger partial charge >= 0.3 is 6.09 Å². The quantitative estimate of drug-likeness (QED) is 0.456. The summed E-state index contributed by atoms with van der Waals surface area (Å²) in [5.41, 5.74) is 0.801. The van der Waals surface area contributed by atoms with Crippen molar-refractivity contribution in [1.29, 1.82) is 0 Å². The fraction of sp³-hybridized carbons (Fsp3) is 0.455. The Hall–Kier alpha value is -2.60. The number of aliphatic hydroxyl groups is 1. The number of hydrogen-bond acceptors (Lipinski definition) is 4. The van der Waals surface area contributed by atoms with E-state index in [4.69, 9.17) is 4.74 Å². The number of nitrogens with zero attached hydrogens (tertiary/aromatic N) is 1. The number of nitrogens with one attached hydrogen (secondary N) is 1. The zero-order chi connectivity index (χ0) is 21.7. The summed E-state index contributed by atoms with van der Waals surface area (Å²) in [7, 11) is 0. The Balaban J connectivity index is 5.23. The average molecular weight is 391 g/mol. The highest BCUT2D eigenvalue weighted by Crippen LogP contribution is 2.13. The van der Waals surface area contributed by atoms with Gasteiger partial charge in [-0.3, -0.25) is 9.69 Å². The molecule has 0 aromatic carbocycles. The van der Waals surface area contributed by atoms with E-state index in [0.717, 1.165) is 5.57 Å². The predicted molar refractivity (Wildman–Crippen MR) is 113 cm³/mol. The molecule has 6 nitrogen and oxygen atoms in total. The van der Waals surface area contributed by atoms with Gasteiger partial charge in [0.15, 0.2) is 0 Å². The van der Waals surface area contributed by atoms with Crippen molar-refractivity contribution in [3.05, 3.63) is 60.5 Å². The van der Waals surface area contributed by atoms with E-state index in [1.54, 1.807) is 58.2 Å². The minimum absolute atomic E-state index is 0.230. The number of hydrogen-bond donors (Lipinski definition) is 2. The Bertz CT molecular complexity index is 652. The second-order valence-corrected chi connectivity index (χ2v) is 7.22. The summed E-state index contributed by atoms with van der Waals surface area (Å²) >= 11 is 0. The number of carbonyl (C=O) groups excluding carboxylic acids is 2. The van der Waals surface area contributed by atoms with Crippen molar-refractivity contribution < 1.29 is 19.4 Å². The smallest absolute Gasteiger partial charge is 0.407 e. The molecule has 0 spiro atoms. The van der Waals surface area contributed by atoms with Crippen LogP contribution in [0.25, 0.3) is 0 Å². The van der Waals surface area contributed by atoms with E-state index >= 15 is 0 Å². The molecule has 2 N–H and O–H groups in total. The fourth-order valence-electron chi connectivity index (χ4n) is 2.28. The Morgan fingerprint density at radius 3 is 2.39 bits per heavy atom. The van der Waals surface area contributed by atoms with Gasteiger partial charge in [0.1, 0.15) is 5.60 Å². The van der Waals surface area contributed by atoms with Gasteiger partial charge < -0.3 is 15.2 Å². The van der Waals surface area contributed by atoms with E-state index in [-0.39, 0.29) is 12.5 Å². The van der Waals surface area contributed by atoms with Crippen LogP contribution in [0.4, 0.5) is 4.79 Å². The molecule has 0 aliphatic heterocycles. The fourth-order valence-corrected chi connectivity index (χ4v) is 2.28. The van der Waals surface area contributed by atoms with Gasteiger partial charge in [-0.05, 0) is 54.0 Å². The second kappa shape index (κ2) is 12.7. The summed E-state index contributed by atoms with van der Waals surface area (Å²) in [6, 6.07) is -0.545. The first-order valence-corrected chi connectivity index (χ1v) is 9.26. The molecule has 0 aliphatic carbocycles. The lowest BCUT2D eigenvalue weighted by Gasteiger charge is -2.23. The number of alkyl carbamates (subject to hydrolysis) is 1. The third kappa shape index (κ3) is 10.5. The van der Waals surface area contributed by atoms with Crippen molar-refractivity contribution in [1.82, 2.24) is 10.2 Å². The van der Waals surface area contributed by atoms with E-state index in [0.29, 0.717) is 12.1 Å². The van der Waals surface area contributed by atoms with Crippen LogP contribution in [0.2, 0.25) is 0 Å².